The van der Waals surface area contributed by atoms with Gasteiger partial charge in [-0.3, -0.25) is 9.78 Å². The summed E-state index contributed by atoms with van der Waals surface area (Å²) in [5.74, 6) is 1.68. The van der Waals surface area contributed by atoms with Crippen LogP contribution in [0.15, 0.2) is 54.9 Å². The second kappa shape index (κ2) is 9.96. The molecule has 0 spiro atoms. The Kier molecular flexibility index (Phi) is 6.44. The molecule has 0 unspecified atom stereocenters. The van der Waals surface area contributed by atoms with E-state index >= 15 is 0 Å². The highest BCUT2D eigenvalue weighted by atomic mass is 16.5. The molecule has 4 heterocycles. The molecule has 2 N–H and O–H groups in total. The maximum Gasteiger partial charge on any atom is 0.254 e. The van der Waals surface area contributed by atoms with E-state index in [0.717, 1.165) is 55.1 Å². The van der Waals surface area contributed by atoms with E-state index in [1.807, 2.05) is 36.4 Å². The average Bonchev–Trinajstić information content (AvgIpc) is 3.54. The summed E-state index contributed by atoms with van der Waals surface area (Å²) in [5.41, 5.74) is 3.10. The first-order chi connectivity index (χ1) is 16.7. The number of fused-ring (bicyclic) bond motifs is 1. The molecule has 1 aromatic carbocycles. The number of pyridine rings is 1. The fraction of sp³-hybridized carbons (Fsp3) is 0.320. The van der Waals surface area contributed by atoms with Gasteiger partial charge < -0.3 is 15.4 Å². The predicted octanol–water partition coefficient (Wildman–Crippen LogP) is 3.79. The van der Waals surface area contributed by atoms with Crippen LogP contribution in [-0.2, 0) is 11.2 Å². The average molecular weight is 458 g/mol. The van der Waals surface area contributed by atoms with Crippen LogP contribution in [0.25, 0.3) is 17.2 Å². The minimum Gasteiger partial charge on any atom is -0.376 e. The van der Waals surface area contributed by atoms with Gasteiger partial charge in [0.05, 0.1) is 6.10 Å². The van der Waals surface area contributed by atoms with Gasteiger partial charge in [0.2, 0.25) is 0 Å². The monoisotopic (exact) mass is 457 g/mol. The Morgan fingerprint density at radius 1 is 1.21 bits per heavy atom. The number of nitrogens with zero attached hydrogens (tertiary/aromatic N) is 5. The first-order valence-corrected chi connectivity index (χ1v) is 11.6. The number of carbonyl (C=O) groups excluding carboxylic acids is 1. The minimum atomic E-state index is -0.120. The molecule has 0 saturated carbocycles. The first-order valence-electron chi connectivity index (χ1n) is 11.6. The van der Waals surface area contributed by atoms with E-state index in [1.54, 1.807) is 23.0 Å². The largest absolute Gasteiger partial charge is 0.376 e. The quantitative estimate of drug-likeness (QED) is 0.415. The van der Waals surface area contributed by atoms with E-state index in [2.05, 4.69) is 37.6 Å². The Bertz CT molecular complexity index is 1280. The molecule has 1 amide bonds. The maximum atomic E-state index is 12.7. The molecule has 9 nitrogen and oxygen atoms in total. The van der Waals surface area contributed by atoms with Crippen molar-refractivity contribution in [3.63, 3.8) is 0 Å². The summed E-state index contributed by atoms with van der Waals surface area (Å²) in [6.45, 7) is 3.41. The van der Waals surface area contributed by atoms with E-state index in [1.165, 1.54) is 0 Å². The predicted molar refractivity (Wildman–Crippen MR) is 129 cm³/mol. The molecule has 5 rings (SSSR count). The van der Waals surface area contributed by atoms with Crippen molar-refractivity contribution in [1.29, 1.82) is 0 Å². The number of benzene rings is 1. The van der Waals surface area contributed by atoms with Gasteiger partial charge in [-0.25, -0.2) is 4.98 Å². The summed E-state index contributed by atoms with van der Waals surface area (Å²) in [4.78, 5) is 26.1. The summed E-state index contributed by atoms with van der Waals surface area (Å²) in [6, 6.07) is 13.2. The van der Waals surface area contributed by atoms with Crippen LogP contribution in [-0.4, -0.2) is 49.7 Å². The van der Waals surface area contributed by atoms with Crippen LogP contribution in [0, 0.1) is 0 Å². The summed E-state index contributed by atoms with van der Waals surface area (Å²) in [5, 5.41) is 11.0. The Hall–Kier alpha value is -3.85. The van der Waals surface area contributed by atoms with E-state index in [4.69, 9.17) is 4.74 Å². The third-order valence-electron chi connectivity index (χ3n) is 5.70. The standard InChI is InChI=1S/C25H27N7O2/c1-2-6-19-14-22(32-25(29-19)30-23(31-32)18-8-4-11-26-15-18)28-20-9-3-7-17(13-20)24(33)27-16-21-10-5-12-34-21/h3-4,7-9,11,13-15,21,28H,2,5-6,10,12,16H2,1H3,(H,27,33)/t21-/m1/s1. The fourth-order valence-corrected chi connectivity index (χ4v) is 4.01. The highest BCUT2D eigenvalue weighted by Gasteiger charge is 2.17. The molecule has 0 radical (unpaired) electrons. The van der Waals surface area contributed by atoms with Crippen molar-refractivity contribution in [1.82, 2.24) is 29.9 Å². The van der Waals surface area contributed by atoms with E-state index < -0.39 is 0 Å². The molecule has 1 aliphatic heterocycles. The number of ether oxygens (including phenoxy) is 1. The SMILES string of the molecule is CCCc1cc(Nc2cccc(C(=O)NC[C@H]3CCCO3)c2)n2nc(-c3cccnc3)nc2n1. The van der Waals surface area contributed by atoms with Crippen molar-refractivity contribution < 1.29 is 9.53 Å². The van der Waals surface area contributed by atoms with Gasteiger partial charge in [-0.2, -0.15) is 9.50 Å². The molecule has 0 bridgehead atoms. The molecular weight excluding hydrogens is 430 g/mol. The summed E-state index contributed by atoms with van der Waals surface area (Å²) >= 11 is 0. The fourth-order valence-electron chi connectivity index (χ4n) is 4.01. The zero-order valence-electron chi connectivity index (χ0n) is 19.1. The smallest absolute Gasteiger partial charge is 0.254 e. The minimum absolute atomic E-state index is 0.105. The third kappa shape index (κ3) is 4.89. The molecule has 1 aliphatic rings. The summed E-state index contributed by atoms with van der Waals surface area (Å²) in [6.07, 6.45) is 7.37. The molecule has 34 heavy (non-hydrogen) atoms. The molecule has 1 saturated heterocycles. The van der Waals surface area contributed by atoms with Gasteiger partial charge >= 0.3 is 0 Å². The lowest BCUT2D eigenvalue weighted by molar-refractivity contribution is 0.0858. The summed E-state index contributed by atoms with van der Waals surface area (Å²) in [7, 11) is 0. The van der Waals surface area contributed by atoms with Crippen molar-refractivity contribution in [2.24, 2.45) is 0 Å². The van der Waals surface area contributed by atoms with Crippen LogP contribution in [0.1, 0.15) is 42.2 Å². The third-order valence-corrected chi connectivity index (χ3v) is 5.70. The van der Waals surface area contributed by atoms with Gasteiger partial charge in [0, 0.05) is 54.1 Å². The van der Waals surface area contributed by atoms with Gasteiger partial charge in [0.1, 0.15) is 5.82 Å². The van der Waals surface area contributed by atoms with Gasteiger partial charge in [-0.05, 0) is 49.6 Å². The zero-order valence-corrected chi connectivity index (χ0v) is 19.1. The number of amides is 1. The van der Waals surface area contributed by atoms with Crippen LogP contribution in [0.3, 0.4) is 0 Å². The van der Waals surface area contributed by atoms with Crippen molar-refractivity contribution in [3.8, 4) is 11.4 Å². The number of hydrogen-bond donors (Lipinski definition) is 2. The lowest BCUT2D eigenvalue weighted by Crippen LogP contribution is -2.31. The molecule has 1 atom stereocenters. The Morgan fingerprint density at radius 2 is 2.15 bits per heavy atom. The highest BCUT2D eigenvalue weighted by molar-refractivity contribution is 5.95. The van der Waals surface area contributed by atoms with Gasteiger partial charge in [0.15, 0.2) is 5.82 Å². The second-order valence-corrected chi connectivity index (χ2v) is 8.32. The van der Waals surface area contributed by atoms with Crippen molar-refractivity contribution in [2.75, 3.05) is 18.5 Å². The molecule has 9 heteroatoms. The van der Waals surface area contributed by atoms with Gasteiger partial charge in [-0.15, -0.1) is 5.10 Å². The number of aryl methyl sites for hydroxylation is 1. The maximum absolute atomic E-state index is 12.7. The van der Waals surface area contributed by atoms with Gasteiger partial charge in [0.25, 0.3) is 11.7 Å². The van der Waals surface area contributed by atoms with Crippen molar-refractivity contribution >= 4 is 23.2 Å². The van der Waals surface area contributed by atoms with Crippen LogP contribution >= 0.6 is 0 Å². The van der Waals surface area contributed by atoms with Crippen LogP contribution in [0.2, 0.25) is 0 Å². The van der Waals surface area contributed by atoms with Crippen molar-refractivity contribution in [2.45, 2.75) is 38.7 Å². The second-order valence-electron chi connectivity index (χ2n) is 8.32. The topological polar surface area (TPSA) is 106 Å². The van der Waals surface area contributed by atoms with E-state index in [-0.39, 0.29) is 12.0 Å². The van der Waals surface area contributed by atoms with E-state index in [0.29, 0.717) is 23.7 Å². The lowest BCUT2D eigenvalue weighted by Gasteiger charge is -2.13. The molecular formula is C25H27N7O2. The van der Waals surface area contributed by atoms with Crippen LogP contribution in [0.4, 0.5) is 11.5 Å². The van der Waals surface area contributed by atoms with Gasteiger partial charge in [-0.1, -0.05) is 19.4 Å². The zero-order chi connectivity index (χ0) is 23.3. The number of anilines is 2. The first kappa shape index (κ1) is 22.0. The summed E-state index contributed by atoms with van der Waals surface area (Å²) < 4.78 is 7.28. The lowest BCUT2D eigenvalue weighted by atomic mass is 10.1. The molecule has 0 aliphatic carbocycles. The van der Waals surface area contributed by atoms with Crippen molar-refractivity contribution in [3.05, 3.63) is 66.1 Å². The molecule has 174 valence electrons. The number of hydrogen-bond acceptors (Lipinski definition) is 7. The normalized spacial score (nSPS) is 15.5. The molecule has 4 aromatic rings. The molecule has 1 fully saturated rings. The molecule has 3 aromatic heterocycles. The number of nitrogens with one attached hydrogen (secondary N) is 2. The Balaban J connectivity index is 1.41. The number of aromatic nitrogens is 5. The van der Waals surface area contributed by atoms with Crippen LogP contribution in [0.5, 0.6) is 0 Å². The number of rotatable bonds is 8. The Morgan fingerprint density at radius 3 is 2.94 bits per heavy atom. The number of carbonyl (C=O) groups is 1. The van der Waals surface area contributed by atoms with Crippen LogP contribution < -0.4 is 10.6 Å². The Labute approximate surface area is 197 Å². The van der Waals surface area contributed by atoms with E-state index in [9.17, 15) is 4.79 Å². The highest BCUT2D eigenvalue weighted by Crippen LogP contribution is 2.22.